The summed E-state index contributed by atoms with van der Waals surface area (Å²) < 4.78 is 64.7. The summed E-state index contributed by atoms with van der Waals surface area (Å²) in [7, 11) is 9.78. The second-order valence-corrected chi connectivity index (χ2v) is 6.11. The molecule has 0 heterocycles. The normalized spacial score (nSPS) is 11.9. The molecule has 1 aromatic carbocycles. The summed E-state index contributed by atoms with van der Waals surface area (Å²) in [6.07, 6.45) is 1.01. The van der Waals surface area contributed by atoms with E-state index in [1.807, 2.05) is 0 Å². The van der Waals surface area contributed by atoms with Crippen LogP contribution in [0.15, 0.2) is 16.8 Å². The van der Waals surface area contributed by atoms with Crippen molar-refractivity contribution in [2.24, 2.45) is 4.99 Å². The molecule has 0 saturated carbocycles. The molecule has 0 aromatic heterocycles. The van der Waals surface area contributed by atoms with Crippen molar-refractivity contribution in [1.82, 2.24) is 0 Å². The number of nitrogens with zero attached hydrogens (tertiary/aromatic N) is 1. The molecule has 0 aliphatic rings. The summed E-state index contributed by atoms with van der Waals surface area (Å²) in [6, 6.07) is 0. The maximum atomic E-state index is 13.2. The fraction of sp³-hybridized carbons (Fsp3) is 0.182. The standard InChI is InChI=1S/C11H8F5NO.2ClH.Ti/c1-4(3-5(2)18)17-11-9(15)7(13)6(12)8(14)10(11)16;;;/h3,18H,1-2H3;2*1H;/q;;;+2/p-2/b5-3-,17-4?;;;. The van der Waals surface area contributed by atoms with Crippen molar-refractivity contribution in [3.05, 3.63) is 40.9 Å². The molecular weight excluding hydrogens is 376 g/mol. The first-order valence-corrected chi connectivity index (χ1v) is 9.37. The van der Waals surface area contributed by atoms with Crippen LogP contribution in [0, 0.1) is 29.1 Å². The molecule has 0 unspecified atom stereocenters. The van der Waals surface area contributed by atoms with E-state index in [2.05, 4.69) is 4.99 Å². The minimum absolute atomic E-state index is 0.113. The van der Waals surface area contributed by atoms with Crippen LogP contribution >= 0.6 is 18.6 Å². The zero-order valence-electron chi connectivity index (χ0n) is 10.6. The topological polar surface area (TPSA) is 32.6 Å². The number of hydrogen-bond donors (Lipinski definition) is 1. The second kappa shape index (κ2) is 9.40. The van der Waals surface area contributed by atoms with Crippen molar-refractivity contribution in [2.45, 2.75) is 13.8 Å². The molecule has 0 bridgehead atoms. The van der Waals surface area contributed by atoms with Gasteiger partial charge < -0.3 is 5.11 Å². The van der Waals surface area contributed by atoms with E-state index in [-0.39, 0.29) is 11.5 Å². The molecule has 21 heavy (non-hydrogen) atoms. The molecule has 10 heteroatoms. The summed E-state index contributed by atoms with van der Waals surface area (Å²) >= 11 is -0.556. The molecule has 0 amide bonds. The zero-order valence-corrected chi connectivity index (χ0v) is 13.7. The van der Waals surface area contributed by atoms with Crippen molar-refractivity contribution >= 4 is 30.0 Å². The molecule has 0 fully saturated rings. The quantitative estimate of drug-likeness (QED) is 0.184. The van der Waals surface area contributed by atoms with Crippen LogP contribution < -0.4 is 0 Å². The number of allylic oxidation sites excluding steroid dienone is 2. The van der Waals surface area contributed by atoms with Crippen LogP contribution in [-0.2, 0) is 17.0 Å². The molecule has 0 atom stereocenters. The van der Waals surface area contributed by atoms with Crippen LogP contribution in [0.25, 0.3) is 0 Å². The van der Waals surface area contributed by atoms with Gasteiger partial charge in [0, 0.05) is 5.71 Å². The summed E-state index contributed by atoms with van der Waals surface area (Å²) in [5.74, 6) is -10.6. The van der Waals surface area contributed by atoms with Crippen molar-refractivity contribution in [3.63, 3.8) is 0 Å². The van der Waals surface area contributed by atoms with Crippen molar-refractivity contribution in [1.29, 1.82) is 0 Å². The number of aliphatic imine (C=N–C) groups is 1. The molecule has 0 aliphatic carbocycles. The minimum atomic E-state index is -2.24. The van der Waals surface area contributed by atoms with E-state index in [0.29, 0.717) is 0 Å². The van der Waals surface area contributed by atoms with Gasteiger partial charge in [-0.1, -0.05) is 0 Å². The molecule has 1 N–H and O–H groups in total. The number of benzene rings is 1. The van der Waals surface area contributed by atoms with Gasteiger partial charge in [-0.2, -0.15) is 0 Å². The number of hydrogen-bond acceptors (Lipinski definition) is 2. The zero-order chi connectivity index (χ0) is 16.7. The van der Waals surface area contributed by atoms with Crippen LogP contribution in [-0.4, -0.2) is 10.8 Å². The van der Waals surface area contributed by atoms with Crippen molar-refractivity contribution in [2.75, 3.05) is 0 Å². The van der Waals surface area contributed by atoms with Crippen LogP contribution in [0.5, 0.6) is 0 Å². The average molecular weight is 384 g/mol. The fourth-order valence-corrected chi connectivity index (χ4v) is 1.20. The number of aliphatic hydroxyl groups excluding tert-OH is 1. The molecule has 0 aliphatic heterocycles. The average Bonchev–Trinajstić information content (AvgIpc) is 2.39. The Hall–Kier alpha value is -0.626. The van der Waals surface area contributed by atoms with Gasteiger partial charge in [0.15, 0.2) is 23.3 Å². The molecule has 116 valence electrons. The van der Waals surface area contributed by atoms with Gasteiger partial charge in [-0.3, -0.25) is 0 Å². The molecule has 0 spiro atoms. The Labute approximate surface area is 134 Å². The molecule has 1 aromatic rings. The van der Waals surface area contributed by atoms with Gasteiger partial charge in [0.25, 0.3) is 0 Å². The summed E-state index contributed by atoms with van der Waals surface area (Å²) in [5, 5.41) is 8.88. The Balaban J connectivity index is 0.00000122. The summed E-state index contributed by atoms with van der Waals surface area (Å²) in [6.45, 7) is 2.50. The van der Waals surface area contributed by atoms with E-state index in [4.69, 9.17) is 23.7 Å². The van der Waals surface area contributed by atoms with Gasteiger partial charge in [-0.25, -0.2) is 26.9 Å². The number of halogens is 7. The first-order chi connectivity index (χ1) is 9.67. The fourth-order valence-electron chi connectivity index (χ4n) is 1.20. The Morgan fingerprint density at radius 2 is 1.29 bits per heavy atom. The molecule has 0 saturated heterocycles. The van der Waals surface area contributed by atoms with E-state index in [1.54, 1.807) is 0 Å². The third-order valence-electron chi connectivity index (χ3n) is 1.89. The van der Waals surface area contributed by atoms with Crippen LogP contribution in [0.3, 0.4) is 0 Å². The molecule has 2 nitrogen and oxygen atoms in total. The van der Waals surface area contributed by atoms with E-state index < -0.39 is 51.8 Å². The monoisotopic (exact) mass is 383 g/mol. The second-order valence-electron chi connectivity index (χ2n) is 3.53. The van der Waals surface area contributed by atoms with Gasteiger partial charge in [-0.05, 0) is 19.9 Å². The SMILES string of the molecule is CC(/C=C(/C)O)=Nc1c(F)c(F)c(F)c(F)c1F.[Cl][Ti][Cl]. The van der Waals surface area contributed by atoms with Crippen LogP contribution in [0.1, 0.15) is 13.8 Å². The Kier molecular flexibility index (Phi) is 9.12. The van der Waals surface area contributed by atoms with Crippen molar-refractivity contribution < 1.29 is 44.1 Å². The maximum absolute atomic E-state index is 13.2. The number of rotatable bonds is 2. The van der Waals surface area contributed by atoms with Crippen LogP contribution in [0.2, 0.25) is 0 Å². The number of aliphatic hydroxyl groups is 1. The molecular formula is C11H8Cl2F5NOTi. The third-order valence-corrected chi connectivity index (χ3v) is 1.89. The van der Waals surface area contributed by atoms with Crippen molar-refractivity contribution in [3.8, 4) is 0 Å². The van der Waals surface area contributed by atoms with E-state index >= 15 is 0 Å². The Bertz CT molecular complexity index is 547. The predicted molar refractivity (Wildman–Crippen MR) is 67.1 cm³/mol. The van der Waals surface area contributed by atoms with Gasteiger partial charge in [0.1, 0.15) is 5.69 Å². The van der Waals surface area contributed by atoms with Gasteiger partial charge in [0.05, 0.1) is 5.76 Å². The third kappa shape index (κ3) is 5.94. The van der Waals surface area contributed by atoms with Gasteiger partial charge in [0.2, 0.25) is 5.82 Å². The first-order valence-electron chi connectivity index (χ1n) is 5.07. The summed E-state index contributed by atoms with van der Waals surface area (Å²) in [5.41, 5.74) is -1.40. The Morgan fingerprint density at radius 1 is 0.952 bits per heavy atom. The van der Waals surface area contributed by atoms with Crippen LogP contribution in [0.4, 0.5) is 27.6 Å². The van der Waals surface area contributed by atoms with E-state index in [1.165, 1.54) is 13.8 Å². The predicted octanol–water partition coefficient (Wildman–Crippen LogP) is 5.31. The first kappa shape index (κ1) is 20.4. The van der Waals surface area contributed by atoms with E-state index in [9.17, 15) is 22.0 Å². The Morgan fingerprint density at radius 3 is 1.62 bits per heavy atom. The molecule has 1 rings (SSSR count). The summed E-state index contributed by atoms with van der Waals surface area (Å²) in [4.78, 5) is 3.24. The van der Waals surface area contributed by atoms with Gasteiger partial charge in [-0.15, -0.1) is 0 Å². The molecule has 0 radical (unpaired) electrons. The van der Waals surface area contributed by atoms with E-state index in [0.717, 1.165) is 6.08 Å². The van der Waals surface area contributed by atoms with Gasteiger partial charge >= 0.3 is 35.6 Å².